The molecular formula is C12H12BrN3O4S. The molecule has 112 valence electrons. The van der Waals surface area contributed by atoms with Crippen LogP contribution in [0.1, 0.15) is 15.9 Å². The Morgan fingerprint density at radius 3 is 2.76 bits per heavy atom. The average Bonchev–Trinajstić information content (AvgIpc) is 2.91. The van der Waals surface area contributed by atoms with Crippen molar-refractivity contribution in [3.63, 3.8) is 0 Å². The van der Waals surface area contributed by atoms with Gasteiger partial charge in [0, 0.05) is 29.8 Å². The molecule has 0 bridgehead atoms. The Kier molecular flexibility index (Phi) is 4.45. The Labute approximate surface area is 129 Å². The van der Waals surface area contributed by atoms with Gasteiger partial charge in [0.05, 0.1) is 16.7 Å². The van der Waals surface area contributed by atoms with Crippen molar-refractivity contribution in [2.45, 2.75) is 11.4 Å². The van der Waals surface area contributed by atoms with Crippen molar-refractivity contribution in [2.75, 3.05) is 7.05 Å². The molecule has 2 rings (SSSR count). The van der Waals surface area contributed by atoms with Gasteiger partial charge in [-0.05, 0) is 34.1 Å². The summed E-state index contributed by atoms with van der Waals surface area (Å²) in [7, 11) is -2.40. The first-order valence-electron chi connectivity index (χ1n) is 5.79. The van der Waals surface area contributed by atoms with E-state index in [2.05, 4.69) is 26.1 Å². The first-order chi connectivity index (χ1) is 9.82. The summed E-state index contributed by atoms with van der Waals surface area (Å²) in [6.45, 7) is 0.128. The van der Waals surface area contributed by atoms with Crippen LogP contribution in [0, 0.1) is 0 Å². The van der Waals surface area contributed by atoms with E-state index in [-0.39, 0.29) is 17.0 Å². The molecule has 9 heteroatoms. The largest absolute Gasteiger partial charge is 0.478 e. The molecule has 2 aromatic rings. The van der Waals surface area contributed by atoms with Crippen molar-refractivity contribution in [1.82, 2.24) is 14.5 Å². The van der Waals surface area contributed by atoms with Gasteiger partial charge in [0.2, 0.25) is 10.0 Å². The summed E-state index contributed by atoms with van der Waals surface area (Å²) in [5, 5.41) is 15.3. The number of rotatable bonds is 5. The van der Waals surface area contributed by atoms with E-state index in [1.165, 1.54) is 25.4 Å². The molecule has 0 aliphatic rings. The van der Waals surface area contributed by atoms with Gasteiger partial charge in [0.1, 0.15) is 0 Å². The number of carboxylic acid groups (broad SMARTS) is 1. The number of aromatic amines is 1. The molecular weight excluding hydrogens is 362 g/mol. The van der Waals surface area contributed by atoms with E-state index < -0.39 is 16.0 Å². The number of benzene rings is 1. The van der Waals surface area contributed by atoms with Crippen LogP contribution in [-0.4, -0.2) is 41.0 Å². The number of hydrogen-bond donors (Lipinski definition) is 2. The normalized spacial score (nSPS) is 11.8. The number of halogens is 1. The van der Waals surface area contributed by atoms with E-state index in [0.717, 1.165) is 10.4 Å². The molecule has 0 amide bonds. The zero-order valence-corrected chi connectivity index (χ0v) is 13.3. The second-order valence-electron chi connectivity index (χ2n) is 4.32. The van der Waals surface area contributed by atoms with Crippen LogP contribution in [0.4, 0.5) is 0 Å². The first kappa shape index (κ1) is 15.7. The number of nitrogens with zero attached hydrogens (tertiary/aromatic N) is 2. The Balaban J connectivity index is 2.38. The first-order valence-corrected chi connectivity index (χ1v) is 8.02. The minimum absolute atomic E-state index is 0.0894. The number of H-pyrrole nitrogens is 1. The monoisotopic (exact) mass is 373 g/mol. The Morgan fingerprint density at radius 2 is 2.19 bits per heavy atom. The number of hydrogen-bond acceptors (Lipinski definition) is 4. The van der Waals surface area contributed by atoms with Crippen molar-refractivity contribution in [1.29, 1.82) is 0 Å². The summed E-state index contributed by atoms with van der Waals surface area (Å²) < 4.78 is 26.5. The summed E-state index contributed by atoms with van der Waals surface area (Å²) in [6.07, 6.45) is 3.11. The third-order valence-corrected chi connectivity index (χ3v) is 5.62. The molecule has 0 saturated heterocycles. The van der Waals surface area contributed by atoms with Gasteiger partial charge in [-0.3, -0.25) is 5.10 Å². The van der Waals surface area contributed by atoms with Crippen LogP contribution >= 0.6 is 15.9 Å². The molecule has 1 aromatic carbocycles. The highest BCUT2D eigenvalue weighted by Crippen LogP contribution is 2.26. The molecule has 0 fully saturated rings. The van der Waals surface area contributed by atoms with Crippen LogP contribution in [0.3, 0.4) is 0 Å². The van der Waals surface area contributed by atoms with Crippen LogP contribution in [0.2, 0.25) is 0 Å². The quantitative estimate of drug-likeness (QED) is 0.829. The number of carboxylic acids is 1. The highest BCUT2D eigenvalue weighted by atomic mass is 79.9. The summed E-state index contributed by atoms with van der Waals surface area (Å²) in [6, 6.07) is 3.87. The van der Waals surface area contributed by atoms with E-state index in [4.69, 9.17) is 5.11 Å². The van der Waals surface area contributed by atoms with Gasteiger partial charge < -0.3 is 5.11 Å². The Hall–Kier alpha value is -1.71. The number of aromatic nitrogens is 2. The molecule has 21 heavy (non-hydrogen) atoms. The van der Waals surface area contributed by atoms with E-state index >= 15 is 0 Å². The summed E-state index contributed by atoms with van der Waals surface area (Å²) in [5.41, 5.74) is 0.611. The number of nitrogens with one attached hydrogen (secondary N) is 1. The highest BCUT2D eigenvalue weighted by molar-refractivity contribution is 9.10. The lowest BCUT2D eigenvalue weighted by molar-refractivity contribution is 0.0696. The van der Waals surface area contributed by atoms with Gasteiger partial charge in [-0.2, -0.15) is 9.40 Å². The van der Waals surface area contributed by atoms with Gasteiger partial charge in [-0.15, -0.1) is 0 Å². The van der Waals surface area contributed by atoms with Crippen molar-refractivity contribution in [3.8, 4) is 0 Å². The second-order valence-corrected chi connectivity index (χ2v) is 7.19. The topological polar surface area (TPSA) is 103 Å². The second kappa shape index (κ2) is 5.96. The minimum atomic E-state index is -3.82. The van der Waals surface area contributed by atoms with Crippen LogP contribution in [-0.2, 0) is 16.6 Å². The molecule has 0 atom stereocenters. The van der Waals surface area contributed by atoms with Gasteiger partial charge in [-0.25, -0.2) is 13.2 Å². The van der Waals surface area contributed by atoms with Gasteiger partial charge in [0.25, 0.3) is 0 Å². The molecule has 0 radical (unpaired) electrons. The fraction of sp³-hybridized carbons (Fsp3) is 0.167. The van der Waals surface area contributed by atoms with E-state index in [1.807, 2.05) is 0 Å². The minimum Gasteiger partial charge on any atom is -0.478 e. The van der Waals surface area contributed by atoms with Gasteiger partial charge >= 0.3 is 5.97 Å². The summed E-state index contributed by atoms with van der Waals surface area (Å²) in [4.78, 5) is 10.9. The van der Waals surface area contributed by atoms with Gasteiger partial charge in [-0.1, -0.05) is 0 Å². The van der Waals surface area contributed by atoms with Crippen molar-refractivity contribution in [3.05, 3.63) is 46.2 Å². The van der Waals surface area contributed by atoms with Crippen molar-refractivity contribution >= 4 is 31.9 Å². The predicted molar refractivity (Wildman–Crippen MR) is 78.3 cm³/mol. The molecule has 0 aliphatic heterocycles. The molecule has 0 aliphatic carbocycles. The number of sulfonamides is 1. The lowest BCUT2D eigenvalue weighted by atomic mass is 10.2. The average molecular weight is 374 g/mol. The summed E-state index contributed by atoms with van der Waals surface area (Å²) >= 11 is 3.14. The maximum Gasteiger partial charge on any atom is 0.335 e. The van der Waals surface area contributed by atoms with E-state index in [1.54, 1.807) is 6.20 Å². The standard InChI is InChI=1S/C12H12BrN3O4S/c1-16(7-8-5-14-15-6-8)21(19,20)11-4-9(12(17)18)2-3-10(11)13/h2-6H,7H2,1H3,(H,14,15)(H,17,18). The Bertz CT molecular complexity index is 759. The van der Waals surface area contributed by atoms with Crippen LogP contribution in [0.5, 0.6) is 0 Å². The highest BCUT2D eigenvalue weighted by Gasteiger charge is 2.25. The number of aromatic carboxylic acids is 1. The molecule has 1 heterocycles. The zero-order chi connectivity index (χ0) is 15.6. The molecule has 1 aromatic heterocycles. The SMILES string of the molecule is CN(Cc1cn[nH]c1)S(=O)(=O)c1cc(C(=O)O)ccc1Br. The fourth-order valence-corrected chi connectivity index (χ4v) is 3.81. The van der Waals surface area contributed by atoms with Crippen molar-refractivity contribution < 1.29 is 18.3 Å². The Morgan fingerprint density at radius 1 is 1.48 bits per heavy atom. The lowest BCUT2D eigenvalue weighted by Crippen LogP contribution is -2.27. The fourth-order valence-electron chi connectivity index (χ4n) is 1.71. The predicted octanol–water partition coefficient (Wildman–Crippen LogP) is 1.69. The molecule has 7 nitrogen and oxygen atoms in total. The molecule has 0 saturated carbocycles. The van der Waals surface area contributed by atoms with Crippen LogP contribution < -0.4 is 0 Å². The maximum absolute atomic E-state index is 12.5. The smallest absolute Gasteiger partial charge is 0.335 e. The number of carbonyl (C=O) groups is 1. The van der Waals surface area contributed by atoms with Gasteiger partial charge in [0.15, 0.2) is 0 Å². The zero-order valence-electron chi connectivity index (χ0n) is 10.9. The molecule has 0 spiro atoms. The van der Waals surface area contributed by atoms with E-state index in [0.29, 0.717) is 10.0 Å². The van der Waals surface area contributed by atoms with E-state index in [9.17, 15) is 13.2 Å². The maximum atomic E-state index is 12.5. The van der Waals surface area contributed by atoms with Crippen LogP contribution in [0.25, 0.3) is 0 Å². The summed E-state index contributed by atoms with van der Waals surface area (Å²) in [5.74, 6) is -1.18. The molecule has 0 unspecified atom stereocenters. The lowest BCUT2D eigenvalue weighted by Gasteiger charge is -2.17. The van der Waals surface area contributed by atoms with Crippen molar-refractivity contribution in [2.24, 2.45) is 0 Å². The molecule has 2 N–H and O–H groups in total. The third-order valence-electron chi connectivity index (χ3n) is 2.83. The third kappa shape index (κ3) is 3.31. The van der Waals surface area contributed by atoms with Crippen LogP contribution in [0.15, 0.2) is 40.0 Å².